The van der Waals surface area contributed by atoms with Crippen molar-refractivity contribution in [1.82, 2.24) is 10.3 Å². The Morgan fingerprint density at radius 2 is 2.31 bits per heavy atom. The van der Waals surface area contributed by atoms with Gasteiger partial charge < -0.3 is 10.3 Å². The first-order valence-corrected chi connectivity index (χ1v) is 5.75. The Labute approximate surface area is 93.9 Å². The fraction of sp³-hybridized carbons (Fsp3) is 0.385. The lowest BCUT2D eigenvalue weighted by Crippen LogP contribution is -2.31. The van der Waals surface area contributed by atoms with Crippen molar-refractivity contribution in [3.63, 3.8) is 0 Å². The lowest BCUT2D eigenvalue weighted by Gasteiger charge is -2.21. The van der Waals surface area contributed by atoms with Crippen molar-refractivity contribution in [1.29, 1.82) is 0 Å². The summed E-state index contributed by atoms with van der Waals surface area (Å²) in [7, 11) is 1.99. The number of aromatic nitrogens is 1. The first-order valence-electron chi connectivity index (χ1n) is 5.75. The van der Waals surface area contributed by atoms with Gasteiger partial charge in [-0.1, -0.05) is 12.1 Å². The molecule has 1 atom stereocenters. The molecule has 3 heteroatoms. The third-order valence-corrected chi connectivity index (χ3v) is 3.58. The average Bonchev–Trinajstić information content (AvgIpc) is 2.68. The maximum Gasteiger partial charge on any atom is 0.147 e. The van der Waals surface area contributed by atoms with Gasteiger partial charge in [-0.25, -0.2) is 4.39 Å². The van der Waals surface area contributed by atoms with Gasteiger partial charge in [-0.15, -0.1) is 0 Å². The number of fused-ring (bicyclic) bond motifs is 3. The maximum absolute atomic E-state index is 13.6. The summed E-state index contributed by atoms with van der Waals surface area (Å²) in [6, 6.07) is 5.83. The van der Waals surface area contributed by atoms with Crippen LogP contribution in [0.4, 0.5) is 4.39 Å². The molecule has 0 bridgehead atoms. The average molecular weight is 218 g/mol. The third kappa shape index (κ3) is 1.35. The number of nitrogens with one attached hydrogen (secondary N) is 2. The number of benzene rings is 1. The Balaban J connectivity index is 2.16. The zero-order valence-corrected chi connectivity index (χ0v) is 9.31. The fourth-order valence-electron chi connectivity index (χ4n) is 2.66. The molecular weight excluding hydrogens is 203 g/mol. The molecule has 1 aromatic carbocycles. The first-order chi connectivity index (χ1) is 7.79. The Morgan fingerprint density at radius 1 is 1.44 bits per heavy atom. The summed E-state index contributed by atoms with van der Waals surface area (Å²) in [5, 5.41) is 4.35. The van der Waals surface area contributed by atoms with E-state index in [2.05, 4.69) is 10.3 Å². The second-order valence-electron chi connectivity index (χ2n) is 4.47. The van der Waals surface area contributed by atoms with Crippen LogP contribution in [0.15, 0.2) is 18.2 Å². The molecule has 0 amide bonds. The van der Waals surface area contributed by atoms with Gasteiger partial charge in [0.1, 0.15) is 5.82 Å². The van der Waals surface area contributed by atoms with Gasteiger partial charge in [0, 0.05) is 23.5 Å². The van der Waals surface area contributed by atoms with Crippen LogP contribution in [0.1, 0.15) is 17.7 Å². The van der Waals surface area contributed by atoms with Crippen LogP contribution in [0.5, 0.6) is 0 Å². The highest BCUT2D eigenvalue weighted by molar-refractivity contribution is 5.85. The number of para-hydroxylation sites is 1. The van der Waals surface area contributed by atoms with Crippen molar-refractivity contribution in [2.45, 2.75) is 25.3 Å². The van der Waals surface area contributed by atoms with Crippen molar-refractivity contribution in [2.24, 2.45) is 0 Å². The Kier molecular flexibility index (Phi) is 2.21. The molecule has 0 fully saturated rings. The van der Waals surface area contributed by atoms with Gasteiger partial charge in [0.2, 0.25) is 0 Å². The van der Waals surface area contributed by atoms with Crippen LogP contribution >= 0.6 is 0 Å². The quantitative estimate of drug-likeness (QED) is 0.755. The Bertz CT molecular complexity index is 530. The lowest BCUT2D eigenvalue weighted by molar-refractivity contribution is 0.493. The molecule has 1 unspecified atom stereocenters. The van der Waals surface area contributed by atoms with E-state index in [1.54, 1.807) is 6.07 Å². The topological polar surface area (TPSA) is 27.8 Å². The minimum absolute atomic E-state index is 0.145. The van der Waals surface area contributed by atoms with Crippen LogP contribution in [-0.4, -0.2) is 18.1 Å². The molecular formula is C13H15FN2. The fourth-order valence-corrected chi connectivity index (χ4v) is 2.66. The summed E-state index contributed by atoms with van der Waals surface area (Å²) in [6.07, 6.45) is 3.14. The molecule has 16 heavy (non-hydrogen) atoms. The van der Waals surface area contributed by atoms with E-state index in [-0.39, 0.29) is 5.82 Å². The van der Waals surface area contributed by atoms with Crippen LogP contribution in [0.25, 0.3) is 10.9 Å². The molecule has 0 saturated carbocycles. The lowest BCUT2D eigenvalue weighted by atomic mass is 9.92. The number of rotatable bonds is 1. The van der Waals surface area contributed by atoms with Gasteiger partial charge in [0.25, 0.3) is 0 Å². The van der Waals surface area contributed by atoms with Gasteiger partial charge in [0.15, 0.2) is 0 Å². The van der Waals surface area contributed by atoms with Gasteiger partial charge in [-0.2, -0.15) is 0 Å². The highest BCUT2D eigenvalue weighted by Crippen LogP contribution is 2.30. The summed E-state index contributed by atoms with van der Waals surface area (Å²) in [5.41, 5.74) is 3.18. The smallest absolute Gasteiger partial charge is 0.147 e. The van der Waals surface area contributed by atoms with Gasteiger partial charge in [-0.3, -0.25) is 0 Å². The molecule has 3 rings (SSSR count). The molecule has 1 aliphatic carbocycles. The highest BCUT2D eigenvalue weighted by Gasteiger charge is 2.21. The van der Waals surface area contributed by atoms with E-state index in [0.717, 1.165) is 24.6 Å². The number of hydrogen-bond donors (Lipinski definition) is 2. The van der Waals surface area contributed by atoms with Crippen molar-refractivity contribution >= 4 is 10.9 Å². The molecule has 0 radical (unpaired) electrons. The van der Waals surface area contributed by atoms with Crippen LogP contribution in [0, 0.1) is 5.82 Å². The largest absolute Gasteiger partial charge is 0.356 e. The van der Waals surface area contributed by atoms with E-state index in [4.69, 9.17) is 0 Å². The summed E-state index contributed by atoms with van der Waals surface area (Å²) >= 11 is 0. The van der Waals surface area contributed by atoms with E-state index in [0.29, 0.717) is 11.6 Å². The number of aromatic amines is 1. The van der Waals surface area contributed by atoms with Crippen LogP contribution < -0.4 is 5.32 Å². The summed E-state index contributed by atoms with van der Waals surface area (Å²) in [4.78, 5) is 3.23. The third-order valence-electron chi connectivity index (χ3n) is 3.58. The standard InChI is InChI=1S/C13H15FN2/c1-15-8-5-6-9-10-3-2-4-11(14)13(10)16-12(9)7-8/h2-4,8,15-16H,5-7H2,1H3. The zero-order chi connectivity index (χ0) is 11.1. The van der Waals surface area contributed by atoms with Gasteiger partial charge in [0.05, 0.1) is 5.52 Å². The monoisotopic (exact) mass is 218 g/mol. The maximum atomic E-state index is 13.6. The second-order valence-corrected chi connectivity index (χ2v) is 4.47. The number of hydrogen-bond acceptors (Lipinski definition) is 1. The summed E-state index contributed by atoms with van der Waals surface area (Å²) < 4.78 is 13.6. The van der Waals surface area contributed by atoms with Crippen molar-refractivity contribution in [3.05, 3.63) is 35.3 Å². The summed E-state index contributed by atoms with van der Waals surface area (Å²) in [5.74, 6) is -0.145. The first kappa shape index (κ1) is 9.85. The summed E-state index contributed by atoms with van der Waals surface area (Å²) in [6.45, 7) is 0. The van der Waals surface area contributed by atoms with Gasteiger partial charge >= 0.3 is 0 Å². The van der Waals surface area contributed by atoms with Crippen LogP contribution in [-0.2, 0) is 12.8 Å². The molecule has 84 valence electrons. The zero-order valence-electron chi connectivity index (χ0n) is 9.31. The molecule has 2 N–H and O–H groups in total. The van der Waals surface area contributed by atoms with E-state index >= 15 is 0 Å². The van der Waals surface area contributed by atoms with E-state index < -0.39 is 0 Å². The SMILES string of the molecule is CNC1CCc2c([nH]c3c(F)cccc23)C1. The molecule has 2 nitrogen and oxygen atoms in total. The molecule has 0 saturated heterocycles. The molecule has 1 aliphatic rings. The van der Waals surface area contributed by atoms with E-state index in [9.17, 15) is 4.39 Å². The number of aryl methyl sites for hydroxylation is 1. The second kappa shape index (κ2) is 3.59. The normalized spacial score (nSPS) is 20.0. The van der Waals surface area contributed by atoms with Crippen molar-refractivity contribution < 1.29 is 4.39 Å². The Hall–Kier alpha value is -1.35. The molecule has 0 aliphatic heterocycles. The van der Waals surface area contributed by atoms with E-state index in [1.807, 2.05) is 13.1 Å². The van der Waals surface area contributed by atoms with Crippen molar-refractivity contribution in [2.75, 3.05) is 7.05 Å². The highest BCUT2D eigenvalue weighted by atomic mass is 19.1. The van der Waals surface area contributed by atoms with Crippen LogP contribution in [0.3, 0.4) is 0 Å². The number of likely N-dealkylation sites (N-methyl/N-ethyl adjacent to an activating group) is 1. The minimum atomic E-state index is -0.145. The predicted octanol–water partition coefficient (Wildman–Crippen LogP) is 2.38. The molecule has 2 aromatic rings. The van der Waals surface area contributed by atoms with E-state index in [1.165, 1.54) is 17.3 Å². The number of H-pyrrole nitrogens is 1. The minimum Gasteiger partial charge on any atom is -0.356 e. The van der Waals surface area contributed by atoms with Gasteiger partial charge in [-0.05, 0) is 31.5 Å². The molecule has 0 spiro atoms. The predicted molar refractivity (Wildman–Crippen MR) is 63.1 cm³/mol. The van der Waals surface area contributed by atoms with Crippen molar-refractivity contribution in [3.8, 4) is 0 Å². The Morgan fingerprint density at radius 3 is 3.12 bits per heavy atom. The number of halogens is 1. The molecule has 1 heterocycles. The van der Waals surface area contributed by atoms with Crippen LogP contribution in [0.2, 0.25) is 0 Å². The molecule has 1 aromatic heterocycles.